The molecule has 2 unspecified atom stereocenters. The Balaban J connectivity index is 1.62. The molecule has 0 heterocycles. The number of benzene rings is 1. The first-order valence-electron chi connectivity index (χ1n) is 6.54. The molecule has 0 aliphatic heterocycles. The summed E-state index contributed by atoms with van der Waals surface area (Å²) in [6.45, 7) is 0.746. The number of hydrogen-bond acceptors (Lipinski definition) is 2. The van der Waals surface area contributed by atoms with Gasteiger partial charge in [-0.05, 0) is 29.9 Å². The van der Waals surface area contributed by atoms with E-state index in [4.69, 9.17) is 0 Å². The number of carbonyl (C=O) groups is 1. The molecule has 1 saturated carbocycles. The largest absolute Gasteiger partial charge is 0.390 e. The van der Waals surface area contributed by atoms with Crippen LogP contribution in [0.1, 0.15) is 30.0 Å². The van der Waals surface area contributed by atoms with E-state index in [1.807, 2.05) is 24.3 Å². The highest BCUT2D eigenvalue weighted by Crippen LogP contribution is 2.31. The van der Waals surface area contributed by atoms with Gasteiger partial charge in [-0.2, -0.15) is 0 Å². The summed E-state index contributed by atoms with van der Waals surface area (Å²) in [6.07, 6.45) is 2.53. The fraction of sp³-hybridized carbons (Fsp3) is 0.500. The van der Waals surface area contributed by atoms with Crippen molar-refractivity contribution in [2.75, 3.05) is 6.54 Å². The van der Waals surface area contributed by atoms with E-state index in [1.165, 1.54) is 12.8 Å². The lowest BCUT2D eigenvalue weighted by Crippen LogP contribution is -2.41. The minimum Gasteiger partial charge on any atom is -0.390 e. The molecule has 2 atom stereocenters. The van der Waals surface area contributed by atoms with Gasteiger partial charge in [0.1, 0.15) is 0 Å². The molecule has 96 valence electrons. The number of urea groups is 1. The Labute approximate surface area is 106 Å². The number of carbonyl (C=O) groups excluding carboxylic acids is 1. The lowest BCUT2D eigenvalue weighted by molar-refractivity contribution is 0.142. The summed E-state index contributed by atoms with van der Waals surface area (Å²) in [5, 5.41) is 15.7. The molecule has 0 bridgehead atoms. The Morgan fingerprint density at radius 1 is 1.33 bits per heavy atom. The average molecular weight is 246 g/mol. The van der Waals surface area contributed by atoms with Crippen LogP contribution < -0.4 is 10.6 Å². The van der Waals surface area contributed by atoms with Crippen molar-refractivity contribution in [1.82, 2.24) is 10.6 Å². The molecule has 0 aromatic heterocycles. The minimum absolute atomic E-state index is 0.178. The maximum absolute atomic E-state index is 11.8. The van der Waals surface area contributed by atoms with Crippen molar-refractivity contribution in [3.05, 3.63) is 35.4 Å². The van der Waals surface area contributed by atoms with E-state index in [9.17, 15) is 9.90 Å². The van der Waals surface area contributed by atoms with Crippen LogP contribution in [0.3, 0.4) is 0 Å². The quantitative estimate of drug-likeness (QED) is 0.754. The van der Waals surface area contributed by atoms with E-state index in [2.05, 4.69) is 10.6 Å². The summed E-state index contributed by atoms with van der Waals surface area (Å²) < 4.78 is 0. The zero-order chi connectivity index (χ0) is 12.5. The SMILES string of the molecule is O=C(NCC1CC1)NC1c2ccccc2CC1O. The van der Waals surface area contributed by atoms with Crippen LogP contribution in [0.25, 0.3) is 0 Å². The van der Waals surface area contributed by atoms with Gasteiger partial charge >= 0.3 is 6.03 Å². The molecule has 0 spiro atoms. The van der Waals surface area contributed by atoms with Crippen molar-refractivity contribution < 1.29 is 9.90 Å². The van der Waals surface area contributed by atoms with Crippen LogP contribution in [0.5, 0.6) is 0 Å². The van der Waals surface area contributed by atoms with Crippen LogP contribution in [0, 0.1) is 5.92 Å². The fourth-order valence-corrected chi connectivity index (χ4v) is 2.50. The predicted molar refractivity (Wildman–Crippen MR) is 68.2 cm³/mol. The van der Waals surface area contributed by atoms with Crippen molar-refractivity contribution in [3.8, 4) is 0 Å². The van der Waals surface area contributed by atoms with E-state index >= 15 is 0 Å². The van der Waals surface area contributed by atoms with Crippen molar-refractivity contribution in [3.63, 3.8) is 0 Å². The van der Waals surface area contributed by atoms with Gasteiger partial charge < -0.3 is 15.7 Å². The summed E-state index contributed by atoms with van der Waals surface area (Å²) in [4.78, 5) is 11.8. The first-order valence-corrected chi connectivity index (χ1v) is 6.54. The van der Waals surface area contributed by atoms with Crippen molar-refractivity contribution in [2.45, 2.75) is 31.4 Å². The Morgan fingerprint density at radius 3 is 2.89 bits per heavy atom. The summed E-state index contributed by atoms with van der Waals surface area (Å²) in [6, 6.07) is 7.41. The number of aliphatic hydroxyl groups is 1. The standard InChI is InChI=1S/C14H18N2O2/c17-12-7-10-3-1-2-4-11(10)13(12)16-14(18)15-8-9-5-6-9/h1-4,9,12-13,17H,5-8H2,(H2,15,16,18). The predicted octanol–water partition coefficient (Wildman–Crippen LogP) is 1.35. The first-order chi connectivity index (χ1) is 8.74. The van der Waals surface area contributed by atoms with E-state index in [1.54, 1.807) is 0 Å². The monoisotopic (exact) mass is 246 g/mol. The van der Waals surface area contributed by atoms with Gasteiger partial charge in [-0.1, -0.05) is 24.3 Å². The van der Waals surface area contributed by atoms with Gasteiger partial charge in [0.2, 0.25) is 0 Å². The molecule has 2 amide bonds. The maximum Gasteiger partial charge on any atom is 0.315 e. The molecule has 3 rings (SSSR count). The first kappa shape index (κ1) is 11.5. The van der Waals surface area contributed by atoms with Gasteiger partial charge in [0.05, 0.1) is 12.1 Å². The lowest BCUT2D eigenvalue weighted by Gasteiger charge is -2.18. The maximum atomic E-state index is 11.8. The Bertz CT molecular complexity index is 457. The lowest BCUT2D eigenvalue weighted by atomic mass is 10.1. The van der Waals surface area contributed by atoms with Crippen LogP contribution in [0.2, 0.25) is 0 Å². The van der Waals surface area contributed by atoms with Crippen molar-refractivity contribution >= 4 is 6.03 Å². The van der Waals surface area contributed by atoms with Gasteiger partial charge in [0.15, 0.2) is 0 Å². The van der Waals surface area contributed by atoms with Crippen LogP contribution >= 0.6 is 0 Å². The van der Waals surface area contributed by atoms with Crippen LogP contribution in [-0.2, 0) is 6.42 Å². The summed E-state index contributed by atoms with van der Waals surface area (Å²) in [5.74, 6) is 0.663. The molecular weight excluding hydrogens is 228 g/mol. The highest BCUT2D eigenvalue weighted by atomic mass is 16.3. The van der Waals surface area contributed by atoms with E-state index in [-0.39, 0.29) is 12.1 Å². The highest BCUT2D eigenvalue weighted by molar-refractivity contribution is 5.74. The van der Waals surface area contributed by atoms with Crippen LogP contribution in [-0.4, -0.2) is 23.8 Å². The van der Waals surface area contributed by atoms with Gasteiger partial charge in [0, 0.05) is 13.0 Å². The zero-order valence-corrected chi connectivity index (χ0v) is 10.2. The molecule has 4 nitrogen and oxygen atoms in total. The van der Waals surface area contributed by atoms with Crippen molar-refractivity contribution in [1.29, 1.82) is 0 Å². The second kappa shape index (κ2) is 4.61. The number of nitrogens with one attached hydrogen (secondary N) is 2. The molecule has 0 radical (unpaired) electrons. The fourth-order valence-electron chi connectivity index (χ4n) is 2.50. The second-order valence-electron chi connectivity index (χ2n) is 5.25. The van der Waals surface area contributed by atoms with Gasteiger partial charge in [0.25, 0.3) is 0 Å². The van der Waals surface area contributed by atoms with E-state index in [0.29, 0.717) is 12.3 Å². The molecule has 1 aromatic carbocycles. The molecular formula is C14H18N2O2. The van der Waals surface area contributed by atoms with Gasteiger partial charge in [-0.25, -0.2) is 4.79 Å². The normalized spacial score (nSPS) is 25.6. The molecule has 2 aliphatic rings. The third kappa shape index (κ3) is 2.34. The third-order valence-electron chi connectivity index (χ3n) is 3.74. The third-order valence-corrected chi connectivity index (χ3v) is 3.74. The zero-order valence-electron chi connectivity index (χ0n) is 10.2. The highest BCUT2D eigenvalue weighted by Gasteiger charge is 2.32. The number of amides is 2. The minimum atomic E-state index is -0.519. The van der Waals surface area contributed by atoms with Crippen LogP contribution in [0.4, 0.5) is 4.79 Å². The number of fused-ring (bicyclic) bond motifs is 1. The molecule has 4 heteroatoms. The van der Waals surface area contributed by atoms with Crippen LogP contribution in [0.15, 0.2) is 24.3 Å². The Hall–Kier alpha value is -1.55. The summed E-state index contributed by atoms with van der Waals surface area (Å²) in [5.41, 5.74) is 2.16. The summed E-state index contributed by atoms with van der Waals surface area (Å²) >= 11 is 0. The van der Waals surface area contributed by atoms with Gasteiger partial charge in [-0.3, -0.25) is 0 Å². The molecule has 0 saturated heterocycles. The molecule has 3 N–H and O–H groups in total. The number of aliphatic hydroxyl groups excluding tert-OH is 1. The molecule has 1 aromatic rings. The second-order valence-corrected chi connectivity index (χ2v) is 5.25. The molecule has 18 heavy (non-hydrogen) atoms. The van der Waals surface area contributed by atoms with E-state index in [0.717, 1.165) is 17.7 Å². The molecule has 2 aliphatic carbocycles. The Kier molecular flexibility index (Phi) is 2.96. The number of hydrogen-bond donors (Lipinski definition) is 3. The smallest absolute Gasteiger partial charge is 0.315 e. The average Bonchev–Trinajstić information content (AvgIpc) is 3.14. The van der Waals surface area contributed by atoms with Crippen molar-refractivity contribution in [2.24, 2.45) is 5.92 Å². The molecule has 1 fully saturated rings. The topological polar surface area (TPSA) is 61.4 Å². The summed E-state index contributed by atoms with van der Waals surface area (Å²) in [7, 11) is 0. The van der Waals surface area contributed by atoms with Gasteiger partial charge in [-0.15, -0.1) is 0 Å². The Morgan fingerprint density at radius 2 is 2.11 bits per heavy atom. The number of rotatable bonds is 3. The van der Waals surface area contributed by atoms with E-state index < -0.39 is 6.10 Å².